The number of benzene rings is 2. The van der Waals surface area contributed by atoms with Gasteiger partial charge in [0.25, 0.3) is 0 Å². The van der Waals surface area contributed by atoms with E-state index in [2.05, 4.69) is 49.5 Å². The summed E-state index contributed by atoms with van der Waals surface area (Å²) >= 11 is 0. The minimum Gasteiger partial charge on any atom is -0.497 e. The average Bonchev–Trinajstić information content (AvgIpc) is 2.82. The first-order valence-electron chi connectivity index (χ1n) is 10.6. The molecule has 1 saturated heterocycles. The molecular formula is C23H30F2N4O3. The lowest BCUT2D eigenvalue weighted by atomic mass is 10.2. The molecule has 1 aliphatic heterocycles. The summed E-state index contributed by atoms with van der Waals surface area (Å²) in [7, 11) is 1.52. The van der Waals surface area contributed by atoms with Crippen LogP contribution in [0.1, 0.15) is 18.1 Å². The molecule has 0 aliphatic carbocycles. The number of halogens is 2. The number of methoxy groups -OCH3 is 1. The van der Waals surface area contributed by atoms with Gasteiger partial charge in [0.2, 0.25) is 0 Å². The topological polar surface area (TPSA) is 67.4 Å². The van der Waals surface area contributed by atoms with E-state index < -0.39 is 6.61 Å². The zero-order valence-corrected chi connectivity index (χ0v) is 18.4. The lowest BCUT2D eigenvalue weighted by Crippen LogP contribution is -2.37. The SMILES string of the molecule is CCNC(=NCc1ccc(N2CCOCC2)cc1)NCc1cc(OC)ccc1OC(F)F. The monoisotopic (exact) mass is 448 g/mol. The molecule has 0 amide bonds. The van der Waals surface area contributed by atoms with Gasteiger partial charge in [-0.25, -0.2) is 4.99 Å². The van der Waals surface area contributed by atoms with E-state index in [4.69, 9.17) is 9.47 Å². The van der Waals surface area contributed by atoms with E-state index in [1.165, 1.54) is 18.9 Å². The van der Waals surface area contributed by atoms with Crippen molar-refractivity contribution >= 4 is 11.6 Å². The number of rotatable bonds is 9. The second-order valence-corrected chi connectivity index (χ2v) is 7.17. The number of hydrogen-bond donors (Lipinski definition) is 2. The predicted molar refractivity (Wildman–Crippen MR) is 121 cm³/mol. The maximum Gasteiger partial charge on any atom is 0.387 e. The second-order valence-electron chi connectivity index (χ2n) is 7.17. The number of hydrogen-bond acceptors (Lipinski definition) is 5. The van der Waals surface area contributed by atoms with Crippen LogP contribution in [0.4, 0.5) is 14.5 Å². The van der Waals surface area contributed by atoms with Crippen molar-refractivity contribution in [1.29, 1.82) is 0 Å². The van der Waals surface area contributed by atoms with Gasteiger partial charge < -0.3 is 29.7 Å². The van der Waals surface area contributed by atoms with Gasteiger partial charge in [-0.05, 0) is 42.8 Å². The van der Waals surface area contributed by atoms with Crippen LogP contribution in [-0.4, -0.2) is 52.5 Å². The summed E-state index contributed by atoms with van der Waals surface area (Å²) in [6.07, 6.45) is 0. The number of guanidine groups is 1. The molecule has 0 saturated carbocycles. The van der Waals surface area contributed by atoms with Gasteiger partial charge in [0, 0.05) is 37.4 Å². The van der Waals surface area contributed by atoms with Gasteiger partial charge in [-0.3, -0.25) is 0 Å². The van der Waals surface area contributed by atoms with Gasteiger partial charge in [0.05, 0.1) is 26.9 Å². The minimum atomic E-state index is -2.90. The van der Waals surface area contributed by atoms with Crippen LogP contribution in [0.5, 0.6) is 11.5 Å². The van der Waals surface area contributed by atoms with E-state index in [1.54, 1.807) is 12.1 Å². The lowest BCUT2D eigenvalue weighted by Gasteiger charge is -2.28. The molecule has 0 aromatic heterocycles. The molecule has 1 heterocycles. The maximum absolute atomic E-state index is 12.7. The molecule has 174 valence electrons. The number of aliphatic imine (C=N–C) groups is 1. The Labute approximate surface area is 187 Å². The zero-order valence-electron chi connectivity index (χ0n) is 18.4. The van der Waals surface area contributed by atoms with Crippen molar-refractivity contribution in [3.8, 4) is 11.5 Å². The van der Waals surface area contributed by atoms with E-state index in [9.17, 15) is 8.78 Å². The van der Waals surface area contributed by atoms with E-state index in [1.807, 2.05) is 6.92 Å². The number of anilines is 1. The van der Waals surface area contributed by atoms with Gasteiger partial charge in [-0.2, -0.15) is 8.78 Å². The normalized spacial score (nSPS) is 14.4. The Morgan fingerprint density at radius 2 is 1.88 bits per heavy atom. The summed E-state index contributed by atoms with van der Waals surface area (Å²) in [6.45, 7) is 3.76. The summed E-state index contributed by atoms with van der Waals surface area (Å²) < 4.78 is 40.7. The molecule has 2 aromatic carbocycles. The van der Waals surface area contributed by atoms with E-state index in [0.717, 1.165) is 31.9 Å². The van der Waals surface area contributed by atoms with Crippen LogP contribution >= 0.6 is 0 Å². The minimum absolute atomic E-state index is 0.0999. The van der Waals surface area contributed by atoms with E-state index in [-0.39, 0.29) is 12.3 Å². The van der Waals surface area contributed by atoms with Gasteiger partial charge in [-0.15, -0.1) is 0 Å². The fraction of sp³-hybridized carbons (Fsp3) is 0.435. The van der Waals surface area contributed by atoms with Gasteiger partial charge in [-0.1, -0.05) is 12.1 Å². The molecule has 1 fully saturated rings. The van der Waals surface area contributed by atoms with Crippen molar-refractivity contribution < 1.29 is 23.0 Å². The highest BCUT2D eigenvalue weighted by Crippen LogP contribution is 2.25. The van der Waals surface area contributed by atoms with Crippen LogP contribution in [0.3, 0.4) is 0 Å². The third-order valence-electron chi connectivity index (χ3n) is 5.01. The van der Waals surface area contributed by atoms with Gasteiger partial charge in [0.15, 0.2) is 5.96 Å². The number of morpholine rings is 1. The Balaban J connectivity index is 1.64. The summed E-state index contributed by atoms with van der Waals surface area (Å²) in [5.74, 6) is 1.24. The molecule has 3 rings (SSSR count). The van der Waals surface area contributed by atoms with Crippen LogP contribution in [0, 0.1) is 0 Å². The molecule has 0 radical (unpaired) electrons. The van der Waals surface area contributed by atoms with Crippen LogP contribution in [0.15, 0.2) is 47.5 Å². The third-order valence-corrected chi connectivity index (χ3v) is 5.01. The predicted octanol–water partition coefficient (Wildman–Crippen LogP) is 3.39. The standard InChI is InChI=1S/C23H30F2N4O3/c1-3-26-23(28-16-18-14-20(30-2)8-9-21(18)32-22(24)25)27-15-17-4-6-19(7-5-17)29-10-12-31-13-11-29/h4-9,14,22H,3,10-13,15-16H2,1-2H3,(H2,26,27,28). The highest BCUT2D eigenvalue weighted by molar-refractivity contribution is 5.79. The summed E-state index contributed by atoms with van der Waals surface area (Å²) in [6, 6.07) is 13.0. The Bertz CT molecular complexity index is 872. The highest BCUT2D eigenvalue weighted by atomic mass is 19.3. The highest BCUT2D eigenvalue weighted by Gasteiger charge is 2.12. The van der Waals surface area contributed by atoms with Crippen molar-refractivity contribution in [3.63, 3.8) is 0 Å². The van der Waals surface area contributed by atoms with E-state index >= 15 is 0 Å². The van der Waals surface area contributed by atoms with Crippen molar-refractivity contribution in [2.75, 3.05) is 44.9 Å². The van der Waals surface area contributed by atoms with Crippen molar-refractivity contribution in [2.45, 2.75) is 26.6 Å². The fourth-order valence-corrected chi connectivity index (χ4v) is 3.36. The molecule has 0 spiro atoms. The third kappa shape index (κ3) is 6.98. The summed E-state index contributed by atoms with van der Waals surface area (Å²) in [4.78, 5) is 6.92. The average molecular weight is 449 g/mol. The summed E-state index contributed by atoms with van der Waals surface area (Å²) in [5, 5.41) is 6.34. The molecule has 7 nitrogen and oxygen atoms in total. The Hall–Kier alpha value is -3.07. The Kier molecular flexibility index (Phi) is 8.91. The van der Waals surface area contributed by atoms with Crippen LogP contribution in [-0.2, 0) is 17.8 Å². The van der Waals surface area contributed by atoms with Crippen molar-refractivity contribution in [1.82, 2.24) is 10.6 Å². The summed E-state index contributed by atoms with van der Waals surface area (Å²) in [5.41, 5.74) is 2.79. The lowest BCUT2D eigenvalue weighted by molar-refractivity contribution is -0.0505. The molecule has 0 unspecified atom stereocenters. The smallest absolute Gasteiger partial charge is 0.387 e. The fourth-order valence-electron chi connectivity index (χ4n) is 3.36. The molecule has 9 heteroatoms. The molecular weight excluding hydrogens is 418 g/mol. The Morgan fingerprint density at radius 1 is 1.12 bits per heavy atom. The molecule has 2 aromatic rings. The molecule has 32 heavy (non-hydrogen) atoms. The van der Waals surface area contributed by atoms with Gasteiger partial charge in [0.1, 0.15) is 11.5 Å². The molecule has 0 atom stereocenters. The molecule has 0 bridgehead atoms. The van der Waals surface area contributed by atoms with Gasteiger partial charge >= 0.3 is 6.61 Å². The van der Waals surface area contributed by atoms with Crippen LogP contribution in [0.25, 0.3) is 0 Å². The number of ether oxygens (including phenoxy) is 3. The second kappa shape index (κ2) is 12.1. The van der Waals surface area contributed by atoms with Crippen molar-refractivity contribution in [3.05, 3.63) is 53.6 Å². The van der Waals surface area contributed by atoms with Crippen molar-refractivity contribution in [2.24, 2.45) is 4.99 Å². The quantitative estimate of drug-likeness (QED) is 0.453. The zero-order chi connectivity index (χ0) is 22.8. The van der Waals surface area contributed by atoms with Crippen LogP contribution < -0.4 is 25.0 Å². The first-order chi connectivity index (χ1) is 15.6. The number of nitrogens with zero attached hydrogens (tertiary/aromatic N) is 2. The first kappa shape index (κ1) is 23.6. The van der Waals surface area contributed by atoms with Crippen LogP contribution in [0.2, 0.25) is 0 Å². The van der Waals surface area contributed by atoms with E-state index in [0.29, 0.717) is 30.4 Å². The molecule has 1 aliphatic rings. The number of alkyl halides is 2. The largest absolute Gasteiger partial charge is 0.497 e. The maximum atomic E-state index is 12.7. The number of nitrogens with one attached hydrogen (secondary N) is 2. The Morgan fingerprint density at radius 3 is 2.53 bits per heavy atom. The first-order valence-corrected chi connectivity index (χ1v) is 10.6. The molecule has 2 N–H and O–H groups in total.